The maximum Gasteiger partial charge on any atom is 0.241 e. The third kappa shape index (κ3) is 5.08. The number of pyridine rings is 1. The molecule has 2 aromatic rings. The first kappa shape index (κ1) is 24.5. The van der Waals surface area contributed by atoms with Crippen LogP contribution in [0.2, 0.25) is 5.02 Å². The van der Waals surface area contributed by atoms with Crippen molar-refractivity contribution in [2.45, 2.75) is 45.9 Å². The highest BCUT2D eigenvalue weighted by Gasteiger charge is 2.25. The Morgan fingerprint density at radius 3 is 2.06 bits per heavy atom. The number of carbonyl (C=O) groups excluding carboxylic acids is 1. The molecule has 1 amide bonds. The molecule has 0 unspecified atom stereocenters. The van der Waals surface area contributed by atoms with Crippen molar-refractivity contribution in [3.8, 4) is 0 Å². The topological polar surface area (TPSA) is 82.6 Å². The van der Waals surface area contributed by atoms with E-state index >= 15 is 0 Å². The summed E-state index contributed by atoms with van der Waals surface area (Å²) in [5.41, 5.74) is 4.60. The molecule has 0 saturated carbocycles. The van der Waals surface area contributed by atoms with Crippen LogP contribution < -0.4 is 9.62 Å². The summed E-state index contributed by atoms with van der Waals surface area (Å²) in [7, 11) is -3.71. The maximum atomic E-state index is 13.0. The Morgan fingerprint density at radius 1 is 0.969 bits per heavy atom. The van der Waals surface area contributed by atoms with E-state index in [1.165, 1.54) is 0 Å². The fourth-order valence-corrected chi connectivity index (χ4v) is 5.87. The van der Waals surface area contributed by atoms with Crippen LogP contribution in [0.5, 0.6) is 0 Å². The SMILES string of the molecule is Cc1c(C)c(C)c(S(=O)(=O)NCCC(=O)N2CCN(c3ccc(Cl)cn3)CC2)c(C)c1C. The van der Waals surface area contributed by atoms with Crippen molar-refractivity contribution in [1.29, 1.82) is 0 Å². The second kappa shape index (κ2) is 9.77. The second-order valence-electron chi connectivity index (χ2n) is 8.30. The highest BCUT2D eigenvalue weighted by atomic mass is 35.5. The highest BCUT2D eigenvalue weighted by Crippen LogP contribution is 2.29. The van der Waals surface area contributed by atoms with Gasteiger partial charge in [-0.2, -0.15) is 0 Å². The van der Waals surface area contributed by atoms with Gasteiger partial charge in [-0.3, -0.25) is 4.79 Å². The van der Waals surface area contributed by atoms with Crippen LogP contribution in [0.3, 0.4) is 0 Å². The smallest absolute Gasteiger partial charge is 0.241 e. The highest BCUT2D eigenvalue weighted by molar-refractivity contribution is 7.89. The van der Waals surface area contributed by atoms with Crippen molar-refractivity contribution >= 4 is 33.3 Å². The normalized spacial score (nSPS) is 14.7. The molecule has 1 N–H and O–H groups in total. The molecule has 0 bridgehead atoms. The van der Waals surface area contributed by atoms with E-state index in [9.17, 15) is 13.2 Å². The Morgan fingerprint density at radius 2 is 1.53 bits per heavy atom. The molecular formula is C23H31ClN4O3S. The van der Waals surface area contributed by atoms with Gasteiger partial charge in [0.05, 0.1) is 9.92 Å². The van der Waals surface area contributed by atoms with Crippen molar-refractivity contribution in [2.75, 3.05) is 37.6 Å². The van der Waals surface area contributed by atoms with Crippen molar-refractivity contribution in [2.24, 2.45) is 0 Å². The van der Waals surface area contributed by atoms with E-state index in [2.05, 4.69) is 14.6 Å². The van der Waals surface area contributed by atoms with Crippen LogP contribution in [0, 0.1) is 34.6 Å². The molecule has 3 rings (SSSR count). The lowest BCUT2D eigenvalue weighted by atomic mass is 9.95. The van der Waals surface area contributed by atoms with Gasteiger partial charge >= 0.3 is 0 Å². The first-order valence-corrected chi connectivity index (χ1v) is 12.6. The predicted octanol–water partition coefficient (Wildman–Crippen LogP) is 3.29. The molecule has 1 aliphatic heterocycles. The lowest BCUT2D eigenvalue weighted by Crippen LogP contribution is -2.49. The van der Waals surface area contributed by atoms with Crippen LogP contribution in [0.15, 0.2) is 23.2 Å². The van der Waals surface area contributed by atoms with Crippen LogP contribution in [0.25, 0.3) is 0 Å². The van der Waals surface area contributed by atoms with E-state index in [0.717, 1.165) is 33.6 Å². The maximum absolute atomic E-state index is 13.0. The summed E-state index contributed by atoms with van der Waals surface area (Å²) in [4.78, 5) is 21.2. The zero-order valence-electron chi connectivity index (χ0n) is 19.3. The first-order valence-electron chi connectivity index (χ1n) is 10.7. The Balaban J connectivity index is 1.57. The number of piperazine rings is 1. The lowest BCUT2D eigenvalue weighted by molar-refractivity contribution is -0.131. The number of rotatable bonds is 6. The molecule has 1 saturated heterocycles. The molecule has 174 valence electrons. The number of halogens is 1. The Kier molecular flexibility index (Phi) is 7.47. The first-order chi connectivity index (χ1) is 15.0. The zero-order valence-corrected chi connectivity index (χ0v) is 20.9. The Labute approximate surface area is 195 Å². The van der Waals surface area contributed by atoms with Gasteiger partial charge in [-0.15, -0.1) is 0 Å². The van der Waals surface area contributed by atoms with Crippen LogP contribution in [-0.4, -0.2) is 56.9 Å². The number of nitrogens with zero attached hydrogens (tertiary/aromatic N) is 3. The summed E-state index contributed by atoms with van der Waals surface area (Å²) >= 11 is 5.89. The molecular weight excluding hydrogens is 448 g/mol. The summed E-state index contributed by atoms with van der Waals surface area (Å²) in [6.45, 7) is 12.1. The molecule has 32 heavy (non-hydrogen) atoms. The van der Waals surface area contributed by atoms with Crippen molar-refractivity contribution in [3.63, 3.8) is 0 Å². The summed E-state index contributed by atoms with van der Waals surface area (Å²) in [5, 5.41) is 0.589. The number of amides is 1. The quantitative estimate of drug-likeness (QED) is 0.688. The van der Waals surface area contributed by atoms with E-state index in [4.69, 9.17) is 11.6 Å². The van der Waals surface area contributed by atoms with Gasteiger partial charge in [0.25, 0.3) is 0 Å². The summed E-state index contributed by atoms with van der Waals surface area (Å²) < 4.78 is 28.7. The fraction of sp³-hybridized carbons (Fsp3) is 0.478. The summed E-state index contributed by atoms with van der Waals surface area (Å²) in [6, 6.07) is 3.67. The Bertz CT molecular complexity index is 1080. The number of sulfonamides is 1. The number of anilines is 1. The largest absolute Gasteiger partial charge is 0.353 e. The Hall–Kier alpha value is -2.16. The van der Waals surface area contributed by atoms with Gasteiger partial charge in [-0.25, -0.2) is 18.1 Å². The van der Waals surface area contributed by atoms with E-state index in [-0.39, 0.29) is 18.9 Å². The number of hydrogen-bond donors (Lipinski definition) is 1. The van der Waals surface area contributed by atoms with Crippen molar-refractivity contribution < 1.29 is 13.2 Å². The van der Waals surface area contributed by atoms with Gasteiger partial charge in [0, 0.05) is 45.3 Å². The van der Waals surface area contributed by atoms with E-state index < -0.39 is 10.0 Å². The summed E-state index contributed by atoms with van der Waals surface area (Å²) in [6.07, 6.45) is 1.74. The molecule has 1 aromatic heterocycles. The van der Waals surface area contributed by atoms with Gasteiger partial charge < -0.3 is 9.80 Å². The molecule has 0 radical (unpaired) electrons. The third-order valence-electron chi connectivity index (χ3n) is 6.50. The van der Waals surface area contributed by atoms with Gasteiger partial charge in [0.15, 0.2) is 0 Å². The minimum Gasteiger partial charge on any atom is -0.353 e. The van der Waals surface area contributed by atoms with Crippen molar-refractivity contribution in [3.05, 3.63) is 51.2 Å². The van der Waals surface area contributed by atoms with Crippen LogP contribution in [0.1, 0.15) is 34.2 Å². The van der Waals surface area contributed by atoms with Gasteiger partial charge in [0.1, 0.15) is 5.82 Å². The minimum atomic E-state index is -3.71. The molecule has 7 nitrogen and oxygen atoms in total. The molecule has 0 aliphatic carbocycles. The molecule has 1 aromatic carbocycles. The molecule has 0 spiro atoms. The molecule has 1 aliphatic rings. The molecule has 1 fully saturated rings. The number of hydrogen-bond acceptors (Lipinski definition) is 5. The van der Waals surface area contributed by atoms with E-state index in [0.29, 0.717) is 36.1 Å². The van der Waals surface area contributed by atoms with E-state index in [1.54, 1.807) is 17.2 Å². The van der Waals surface area contributed by atoms with Gasteiger partial charge in [-0.05, 0) is 74.6 Å². The minimum absolute atomic E-state index is 0.0545. The monoisotopic (exact) mass is 478 g/mol. The van der Waals surface area contributed by atoms with Crippen LogP contribution in [-0.2, 0) is 14.8 Å². The van der Waals surface area contributed by atoms with Crippen LogP contribution in [0.4, 0.5) is 5.82 Å². The second-order valence-corrected chi connectivity index (χ2v) is 10.4. The molecule has 2 heterocycles. The lowest BCUT2D eigenvalue weighted by Gasteiger charge is -2.35. The van der Waals surface area contributed by atoms with Gasteiger partial charge in [-0.1, -0.05) is 11.6 Å². The van der Waals surface area contributed by atoms with E-state index in [1.807, 2.05) is 40.7 Å². The van der Waals surface area contributed by atoms with Crippen LogP contribution >= 0.6 is 11.6 Å². The molecule has 0 atom stereocenters. The summed E-state index contributed by atoms with van der Waals surface area (Å²) in [5.74, 6) is 0.782. The number of carbonyl (C=O) groups is 1. The van der Waals surface area contributed by atoms with Gasteiger partial charge in [0.2, 0.25) is 15.9 Å². The number of benzene rings is 1. The average molecular weight is 479 g/mol. The number of nitrogens with one attached hydrogen (secondary N) is 1. The van der Waals surface area contributed by atoms with Crippen molar-refractivity contribution in [1.82, 2.24) is 14.6 Å². The average Bonchev–Trinajstić information content (AvgIpc) is 2.76. The molecule has 9 heteroatoms. The predicted molar refractivity (Wildman–Crippen MR) is 128 cm³/mol. The standard InChI is InChI=1S/C23H31ClN4O3S/c1-15-16(2)18(4)23(19(5)17(15)3)32(30,31)26-9-8-22(29)28-12-10-27(11-13-28)21-7-6-20(24)14-25-21/h6-7,14,26H,8-13H2,1-5H3. The number of aromatic nitrogens is 1. The third-order valence-corrected chi connectivity index (χ3v) is 8.46. The fourth-order valence-electron chi connectivity index (χ4n) is 4.13. The zero-order chi connectivity index (χ0) is 23.6.